The van der Waals surface area contributed by atoms with Crippen molar-refractivity contribution in [3.8, 4) is 0 Å². The van der Waals surface area contributed by atoms with Crippen LogP contribution in [0.25, 0.3) is 0 Å². The first-order chi connectivity index (χ1) is 8.65. The maximum Gasteiger partial charge on any atom is 0.126 e. The molecule has 0 amide bonds. The Morgan fingerprint density at radius 1 is 1.28 bits per heavy atom. The molecule has 0 bridgehead atoms. The Balaban J connectivity index is 1.85. The second kappa shape index (κ2) is 6.12. The van der Waals surface area contributed by atoms with Crippen molar-refractivity contribution in [3.05, 3.63) is 57.5 Å². The summed E-state index contributed by atoms with van der Waals surface area (Å²) in [7, 11) is 0. The van der Waals surface area contributed by atoms with Gasteiger partial charge in [-0.05, 0) is 59.9 Å². The van der Waals surface area contributed by atoms with Crippen LogP contribution in [0.4, 0.5) is 4.39 Å². The van der Waals surface area contributed by atoms with Gasteiger partial charge in [0, 0.05) is 12.6 Å². The SMILES string of the molecule is Cc1cc(CNC(C)Cc2ccsc2)ccc1F. The monoisotopic (exact) mass is 263 g/mol. The van der Waals surface area contributed by atoms with Crippen LogP contribution in [0.5, 0.6) is 0 Å². The number of hydrogen-bond acceptors (Lipinski definition) is 2. The van der Waals surface area contributed by atoms with Crippen LogP contribution >= 0.6 is 11.3 Å². The molecule has 1 aromatic heterocycles. The number of aryl methyl sites for hydroxylation is 1. The molecule has 0 aliphatic carbocycles. The zero-order chi connectivity index (χ0) is 13.0. The number of benzene rings is 1. The van der Waals surface area contributed by atoms with Crippen LogP contribution in [-0.2, 0) is 13.0 Å². The van der Waals surface area contributed by atoms with Crippen LogP contribution in [0.3, 0.4) is 0 Å². The average Bonchev–Trinajstić information content (AvgIpc) is 2.83. The number of rotatable bonds is 5. The molecule has 0 saturated carbocycles. The lowest BCUT2D eigenvalue weighted by Gasteiger charge is -2.13. The summed E-state index contributed by atoms with van der Waals surface area (Å²) in [6.45, 7) is 4.76. The second-order valence-corrected chi connectivity index (χ2v) is 5.48. The molecule has 1 N–H and O–H groups in total. The van der Waals surface area contributed by atoms with Gasteiger partial charge in [0.2, 0.25) is 0 Å². The fourth-order valence-electron chi connectivity index (χ4n) is 1.94. The first-order valence-corrected chi connectivity index (χ1v) is 7.09. The molecule has 1 aromatic carbocycles. The van der Waals surface area contributed by atoms with Crippen molar-refractivity contribution in [1.29, 1.82) is 0 Å². The van der Waals surface area contributed by atoms with Gasteiger partial charge >= 0.3 is 0 Å². The van der Waals surface area contributed by atoms with Crippen LogP contribution in [-0.4, -0.2) is 6.04 Å². The van der Waals surface area contributed by atoms with Crippen LogP contribution in [0.15, 0.2) is 35.0 Å². The van der Waals surface area contributed by atoms with Crippen LogP contribution in [0.2, 0.25) is 0 Å². The predicted octanol–water partition coefficient (Wildman–Crippen LogP) is 3.92. The van der Waals surface area contributed by atoms with Crippen molar-refractivity contribution in [2.75, 3.05) is 0 Å². The van der Waals surface area contributed by atoms with E-state index in [1.54, 1.807) is 18.3 Å². The molecule has 1 nitrogen and oxygen atoms in total. The van der Waals surface area contributed by atoms with Gasteiger partial charge in [-0.15, -0.1) is 0 Å². The third-order valence-electron chi connectivity index (χ3n) is 3.00. The van der Waals surface area contributed by atoms with Gasteiger partial charge in [0.1, 0.15) is 5.82 Å². The van der Waals surface area contributed by atoms with Gasteiger partial charge in [-0.25, -0.2) is 4.39 Å². The molecule has 0 fully saturated rings. The fourth-order valence-corrected chi connectivity index (χ4v) is 2.62. The number of thiophene rings is 1. The van der Waals surface area contributed by atoms with Crippen LogP contribution in [0, 0.1) is 12.7 Å². The number of hydrogen-bond donors (Lipinski definition) is 1. The molecule has 2 aromatic rings. The smallest absolute Gasteiger partial charge is 0.126 e. The summed E-state index contributed by atoms with van der Waals surface area (Å²) in [5, 5.41) is 7.75. The minimum Gasteiger partial charge on any atom is -0.310 e. The summed E-state index contributed by atoms with van der Waals surface area (Å²) in [4.78, 5) is 0. The largest absolute Gasteiger partial charge is 0.310 e. The van der Waals surface area contributed by atoms with Gasteiger partial charge in [0.25, 0.3) is 0 Å². The third kappa shape index (κ3) is 3.65. The van der Waals surface area contributed by atoms with Gasteiger partial charge < -0.3 is 5.32 Å². The van der Waals surface area contributed by atoms with E-state index >= 15 is 0 Å². The molecule has 1 heterocycles. The summed E-state index contributed by atoms with van der Waals surface area (Å²) < 4.78 is 13.1. The molecular formula is C15H18FNS. The van der Waals surface area contributed by atoms with E-state index in [0.717, 1.165) is 18.5 Å². The van der Waals surface area contributed by atoms with E-state index in [9.17, 15) is 4.39 Å². The zero-order valence-electron chi connectivity index (χ0n) is 10.7. The Labute approximate surface area is 112 Å². The molecule has 96 valence electrons. The highest BCUT2D eigenvalue weighted by Gasteiger charge is 2.04. The fraction of sp³-hybridized carbons (Fsp3) is 0.333. The normalized spacial score (nSPS) is 12.6. The van der Waals surface area contributed by atoms with Crippen molar-refractivity contribution >= 4 is 11.3 Å². The minimum atomic E-state index is -0.134. The van der Waals surface area contributed by atoms with Gasteiger partial charge in [-0.2, -0.15) is 11.3 Å². The minimum absolute atomic E-state index is 0.134. The van der Waals surface area contributed by atoms with Gasteiger partial charge in [-0.3, -0.25) is 0 Å². The molecule has 0 saturated heterocycles. The highest BCUT2D eigenvalue weighted by molar-refractivity contribution is 7.07. The first kappa shape index (κ1) is 13.2. The van der Waals surface area contributed by atoms with E-state index in [-0.39, 0.29) is 5.82 Å². The van der Waals surface area contributed by atoms with E-state index in [1.807, 2.05) is 12.1 Å². The highest BCUT2D eigenvalue weighted by atomic mass is 32.1. The molecule has 0 aliphatic rings. The van der Waals surface area contributed by atoms with Crippen LogP contribution in [0.1, 0.15) is 23.6 Å². The molecule has 0 spiro atoms. The van der Waals surface area contributed by atoms with Crippen molar-refractivity contribution in [3.63, 3.8) is 0 Å². The lowest BCUT2D eigenvalue weighted by Crippen LogP contribution is -2.27. The summed E-state index contributed by atoms with van der Waals surface area (Å²) in [6, 6.07) is 7.86. The van der Waals surface area contributed by atoms with Gasteiger partial charge in [-0.1, -0.05) is 12.1 Å². The Hall–Kier alpha value is -1.19. The quantitative estimate of drug-likeness (QED) is 0.862. The lowest BCUT2D eigenvalue weighted by atomic mass is 10.1. The molecule has 1 unspecified atom stereocenters. The molecule has 1 atom stereocenters. The third-order valence-corrected chi connectivity index (χ3v) is 3.73. The van der Waals surface area contributed by atoms with Crippen molar-refractivity contribution < 1.29 is 4.39 Å². The Bertz CT molecular complexity index is 493. The summed E-state index contributed by atoms with van der Waals surface area (Å²) in [6.07, 6.45) is 1.03. The zero-order valence-corrected chi connectivity index (χ0v) is 11.6. The van der Waals surface area contributed by atoms with E-state index < -0.39 is 0 Å². The summed E-state index contributed by atoms with van der Waals surface area (Å²) in [5.74, 6) is -0.134. The topological polar surface area (TPSA) is 12.0 Å². The molecule has 0 aliphatic heterocycles. The van der Waals surface area contributed by atoms with Crippen molar-refractivity contribution in [2.45, 2.75) is 32.9 Å². The maximum atomic E-state index is 13.1. The van der Waals surface area contributed by atoms with Crippen LogP contribution < -0.4 is 5.32 Å². The summed E-state index contributed by atoms with van der Waals surface area (Å²) >= 11 is 1.73. The Morgan fingerprint density at radius 3 is 2.78 bits per heavy atom. The maximum absolute atomic E-state index is 13.1. The average molecular weight is 263 g/mol. The second-order valence-electron chi connectivity index (χ2n) is 4.70. The molecule has 18 heavy (non-hydrogen) atoms. The van der Waals surface area contributed by atoms with E-state index in [1.165, 1.54) is 11.6 Å². The van der Waals surface area contributed by atoms with Gasteiger partial charge in [0.15, 0.2) is 0 Å². The van der Waals surface area contributed by atoms with Gasteiger partial charge in [0.05, 0.1) is 0 Å². The molecule has 0 radical (unpaired) electrons. The Morgan fingerprint density at radius 2 is 2.11 bits per heavy atom. The predicted molar refractivity (Wildman–Crippen MR) is 75.5 cm³/mol. The highest BCUT2D eigenvalue weighted by Crippen LogP contribution is 2.11. The standard InChI is InChI=1S/C15H18FNS/c1-11-7-13(3-4-15(11)16)9-17-12(2)8-14-5-6-18-10-14/h3-7,10,12,17H,8-9H2,1-2H3. The lowest BCUT2D eigenvalue weighted by molar-refractivity contribution is 0.544. The van der Waals surface area contributed by atoms with Crippen molar-refractivity contribution in [2.24, 2.45) is 0 Å². The van der Waals surface area contributed by atoms with Crippen molar-refractivity contribution in [1.82, 2.24) is 5.32 Å². The Kier molecular flexibility index (Phi) is 4.50. The van der Waals surface area contributed by atoms with E-state index in [2.05, 4.69) is 29.1 Å². The number of nitrogens with one attached hydrogen (secondary N) is 1. The summed E-state index contributed by atoms with van der Waals surface area (Å²) in [5.41, 5.74) is 3.21. The molecule has 2 rings (SSSR count). The molecular weight excluding hydrogens is 245 g/mol. The molecule has 3 heteroatoms. The number of halogens is 1. The van der Waals surface area contributed by atoms with E-state index in [4.69, 9.17) is 0 Å². The first-order valence-electron chi connectivity index (χ1n) is 6.14. The van der Waals surface area contributed by atoms with E-state index in [0.29, 0.717) is 11.6 Å².